The van der Waals surface area contributed by atoms with Gasteiger partial charge >= 0.3 is 11.9 Å². The molecule has 0 radical (unpaired) electrons. The number of esters is 1. The van der Waals surface area contributed by atoms with Crippen LogP contribution in [0.3, 0.4) is 0 Å². The summed E-state index contributed by atoms with van der Waals surface area (Å²) in [5, 5.41) is 28.1. The van der Waals surface area contributed by atoms with Gasteiger partial charge in [0.2, 0.25) is 0 Å². The number of hydrogen-bond acceptors (Lipinski definition) is 5. The minimum absolute atomic E-state index is 0.0237. The minimum atomic E-state index is -2.03. The van der Waals surface area contributed by atoms with Crippen molar-refractivity contribution in [2.75, 3.05) is 13.2 Å². The molecule has 0 aromatic heterocycles. The van der Waals surface area contributed by atoms with Gasteiger partial charge in [-0.2, -0.15) is 0 Å². The fraction of sp³-hybridized carbons (Fsp3) is 0.429. The van der Waals surface area contributed by atoms with Crippen LogP contribution in [0.1, 0.15) is 18.9 Å². The number of ether oxygens (including phenoxy) is 1. The molecule has 0 saturated carbocycles. The van der Waals surface area contributed by atoms with Gasteiger partial charge in [0.25, 0.3) is 0 Å². The van der Waals surface area contributed by atoms with Gasteiger partial charge < -0.3 is 20.1 Å². The zero-order chi connectivity index (χ0) is 15.2. The fourth-order valence-corrected chi connectivity index (χ4v) is 2.01. The number of aliphatic hydroxyl groups excluding tert-OH is 2. The quantitative estimate of drug-likeness (QED) is 0.491. The Morgan fingerprint density at radius 1 is 1.30 bits per heavy atom. The van der Waals surface area contributed by atoms with E-state index in [9.17, 15) is 19.8 Å². The van der Waals surface area contributed by atoms with Crippen LogP contribution in [0.2, 0.25) is 0 Å². The van der Waals surface area contributed by atoms with E-state index in [4.69, 9.17) is 9.84 Å². The van der Waals surface area contributed by atoms with Crippen molar-refractivity contribution in [3.8, 4) is 0 Å². The van der Waals surface area contributed by atoms with Gasteiger partial charge in [-0.25, -0.2) is 0 Å². The summed E-state index contributed by atoms with van der Waals surface area (Å²) in [6.07, 6.45) is -1.79. The lowest BCUT2D eigenvalue weighted by atomic mass is 9.76. The second-order valence-corrected chi connectivity index (χ2v) is 4.34. The molecule has 1 aromatic carbocycles. The van der Waals surface area contributed by atoms with Crippen LogP contribution in [-0.2, 0) is 19.7 Å². The Morgan fingerprint density at radius 2 is 1.90 bits per heavy atom. The van der Waals surface area contributed by atoms with Gasteiger partial charge in [0.1, 0.15) is 0 Å². The van der Waals surface area contributed by atoms with E-state index < -0.39 is 36.5 Å². The van der Waals surface area contributed by atoms with Crippen LogP contribution in [0.4, 0.5) is 0 Å². The number of aliphatic hydroxyl groups is 2. The van der Waals surface area contributed by atoms with Crippen LogP contribution in [0.5, 0.6) is 0 Å². The van der Waals surface area contributed by atoms with Gasteiger partial charge in [-0.15, -0.1) is 0 Å². The summed E-state index contributed by atoms with van der Waals surface area (Å²) in [6, 6.07) is 7.84. The molecule has 0 aliphatic rings. The van der Waals surface area contributed by atoms with Gasteiger partial charge in [0.05, 0.1) is 19.3 Å². The van der Waals surface area contributed by atoms with E-state index in [0.717, 1.165) is 0 Å². The van der Waals surface area contributed by atoms with Crippen LogP contribution in [-0.4, -0.2) is 46.6 Å². The van der Waals surface area contributed by atoms with E-state index in [1.165, 1.54) is 12.1 Å². The van der Waals surface area contributed by atoms with Crippen LogP contribution in [0.25, 0.3) is 0 Å². The number of benzene rings is 1. The number of carboxylic acids is 1. The van der Waals surface area contributed by atoms with Crippen molar-refractivity contribution in [3.63, 3.8) is 0 Å². The minimum Gasteiger partial charge on any atom is -0.480 e. The van der Waals surface area contributed by atoms with Crippen LogP contribution in [0.15, 0.2) is 30.3 Å². The van der Waals surface area contributed by atoms with E-state index in [0.29, 0.717) is 0 Å². The Morgan fingerprint density at radius 3 is 2.35 bits per heavy atom. The summed E-state index contributed by atoms with van der Waals surface area (Å²) in [6.45, 7) is 0.954. The molecule has 3 N–H and O–H groups in total. The average Bonchev–Trinajstić information content (AvgIpc) is 2.45. The monoisotopic (exact) mass is 282 g/mol. The predicted octanol–water partition coefficient (Wildman–Crippen LogP) is 0.315. The van der Waals surface area contributed by atoms with Gasteiger partial charge in [-0.1, -0.05) is 30.3 Å². The number of rotatable bonds is 7. The number of hydrogen-bond donors (Lipinski definition) is 3. The van der Waals surface area contributed by atoms with Crippen LogP contribution < -0.4 is 0 Å². The van der Waals surface area contributed by atoms with Crippen molar-refractivity contribution in [1.82, 2.24) is 0 Å². The third-order valence-electron chi connectivity index (χ3n) is 3.01. The normalized spacial score (nSPS) is 15.2. The molecule has 2 atom stereocenters. The van der Waals surface area contributed by atoms with E-state index in [1.54, 1.807) is 25.1 Å². The second-order valence-electron chi connectivity index (χ2n) is 4.34. The molecular weight excluding hydrogens is 264 g/mol. The van der Waals surface area contributed by atoms with Crippen molar-refractivity contribution in [3.05, 3.63) is 35.9 Å². The molecule has 6 nitrogen and oxygen atoms in total. The first kappa shape index (κ1) is 16.1. The molecule has 2 unspecified atom stereocenters. The number of carbonyl (C=O) groups is 2. The van der Waals surface area contributed by atoms with Crippen molar-refractivity contribution in [2.45, 2.75) is 24.9 Å². The molecule has 110 valence electrons. The predicted molar refractivity (Wildman–Crippen MR) is 70.1 cm³/mol. The van der Waals surface area contributed by atoms with Crippen LogP contribution in [0, 0.1) is 0 Å². The summed E-state index contributed by atoms with van der Waals surface area (Å²) in [5.74, 6) is -2.37. The molecule has 6 heteroatoms. The summed E-state index contributed by atoms with van der Waals surface area (Å²) >= 11 is 0. The Balaban J connectivity index is 3.34. The maximum absolute atomic E-state index is 12.2. The molecule has 0 amide bonds. The summed E-state index contributed by atoms with van der Waals surface area (Å²) < 4.78 is 4.86. The molecule has 0 bridgehead atoms. The van der Waals surface area contributed by atoms with Crippen molar-refractivity contribution in [1.29, 1.82) is 0 Å². The van der Waals surface area contributed by atoms with Gasteiger partial charge in [-0.3, -0.25) is 9.59 Å². The van der Waals surface area contributed by atoms with E-state index in [2.05, 4.69) is 0 Å². The summed E-state index contributed by atoms with van der Waals surface area (Å²) in [4.78, 5) is 23.9. The lowest BCUT2D eigenvalue weighted by molar-refractivity contribution is -0.163. The third kappa shape index (κ3) is 3.15. The average molecular weight is 282 g/mol. The first-order valence-corrected chi connectivity index (χ1v) is 6.24. The standard InChI is InChI=1S/C14H18O6/c1-2-20-13(19)14(12(17)18,8-11(16)9-15)10-6-4-3-5-7-10/h3-7,11,15-16H,2,8-9H2,1H3,(H,17,18). The highest BCUT2D eigenvalue weighted by molar-refractivity contribution is 6.05. The van der Waals surface area contributed by atoms with Crippen molar-refractivity contribution >= 4 is 11.9 Å². The Hall–Kier alpha value is -1.92. The SMILES string of the molecule is CCOC(=O)C(CC(O)CO)(C(=O)O)c1ccccc1. The van der Waals surface area contributed by atoms with Gasteiger partial charge in [-0.05, 0) is 12.5 Å². The van der Waals surface area contributed by atoms with Crippen molar-refractivity contribution < 1.29 is 29.6 Å². The largest absolute Gasteiger partial charge is 0.480 e. The topological polar surface area (TPSA) is 104 Å². The Kier molecular flexibility index (Phi) is 5.66. The van der Waals surface area contributed by atoms with Crippen LogP contribution >= 0.6 is 0 Å². The number of carbonyl (C=O) groups excluding carboxylic acids is 1. The summed E-state index contributed by atoms with van der Waals surface area (Å²) in [7, 11) is 0. The molecule has 20 heavy (non-hydrogen) atoms. The highest BCUT2D eigenvalue weighted by Gasteiger charge is 2.50. The zero-order valence-electron chi connectivity index (χ0n) is 11.2. The van der Waals surface area contributed by atoms with Gasteiger partial charge in [0, 0.05) is 6.42 Å². The van der Waals surface area contributed by atoms with Crippen molar-refractivity contribution in [2.24, 2.45) is 0 Å². The third-order valence-corrected chi connectivity index (χ3v) is 3.01. The molecular formula is C14H18O6. The summed E-state index contributed by atoms with van der Waals surface area (Å²) in [5.41, 5.74) is -1.82. The second kappa shape index (κ2) is 7.02. The van der Waals surface area contributed by atoms with E-state index in [-0.39, 0.29) is 12.2 Å². The fourth-order valence-electron chi connectivity index (χ4n) is 2.01. The first-order chi connectivity index (χ1) is 9.48. The Labute approximate surface area is 116 Å². The first-order valence-electron chi connectivity index (χ1n) is 6.24. The molecule has 0 fully saturated rings. The van der Waals surface area contributed by atoms with E-state index >= 15 is 0 Å². The molecule has 0 heterocycles. The Bertz CT molecular complexity index is 458. The van der Waals surface area contributed by atoms with Gasteiger partial charge in [0.15, 0.2) is 5.41 Å². The highest BCUT2D eigenvalue weighted by atomic mass is 16.5. The molecule has 1 rings (SSSR count). The maximum Gasteiger partial charge on any atom is 0.328 e. The maximum atomic E-state index is 12.2. The lowest BCUT2D eigenvalue weighted by Gasteiger charge is -2.29. The number of carboxylic acid groups (broad SMARTS) is 1. The molecule has 1 aromatic rings. The molecule has 0 spiro atoms. The zero-order valence-corrected chi connectivity index (χ0v) is 11.2. The number of aliphatic carboxylic acids is 1. The van der Waals surface area contributed by atoms with E-state index in [1.807, 2.05) is 0 Å². The highest BCUT2D eigenvalue weighted by Crippen LogP contribution is 2.32. The molecule has 0 aliphatic carbocycles. The lowest BCUT2D eigenvalue weighted by Crippen LogP contribution is -2.48. The molecule has 0 saturated heterocycles. The molecule has 0 aliphatic heterocycles. The smallest absolute Gasteiger partial charge is 0.328 e.